The molecule has 0 aromatic carbocycles. The highest BCUT2D eigenvalue weighted by Gasteiger charge is 2.40. The van der Waals surface area contributed by atoms with Crippen molar-refractivity contribution in [3.8, 4) is 0 Å². The zero-order valence-electron chi connectivity index (χ0n) is 9.84. The van der Waals surface area contributed by atoms with Crippen molar-refractivity contribution in [2.24, 2.45) is 5.92 Å². The quantitative estimate of drug-likeness (QED) is 0.829. The summed E-state index contributed by atoms with van der Waals surface area (Å²) in [5, 5.41) is 9.28. The molecule has 0 aliphatic carbocycles. The van der Waals surface area contributed by atoms with Crippen molar-refractivity contribution in [1.29, 1.82) is 0 Å². The standard InChI is InChI=1S/C12H13ClN2O3/c1-7-4-6-15(9(7)12(17)18)11(16)8-3-2-5-14-10(8)13/h2-3,5,7,9H,4,6H2,1H3,(H,17,18). The fourth-order valence-electron chi connectivity index (χ4n) is 2.25. The van der Waals surface area contributed by atoms with Crippen LogP contribution in [0, 0.1) is 5.92 Å². The first kappa shape index (κ1) is 12.8. The number of hydrogen-bond donors (Lipinski definition) is 1. The monoisotopic (exact) mass is 268 g/mol. The third kappa shape index (κ3) is 2.18. The first-order valence-electron chi connectivity index (χ1n) is 5.66. The highest BCUT2D eigenvalue weighted by Crippen LogP contribution is 2.27. The molecule has 1 N–H and O–H groups in total. The van der Waals surface area contributed by atoms with Gasteiger partial charge < -0.3 is 10.0 Å². The van der Waals surface area contributed by atoms with Gasteiger partial charge in [0.25, 0.3) is 5.91 Å². The summed E-state index contributed by atoms with van der Waals surface area (Å²) in [6.07, 6.45) is 2.17. The number of amides is 1. The van der Waals surface area contributed by atoms with E-state index < -0.39 is 12.0 Å². The Balaban J connectivity index is 2.29. The zero-order valence-corrected chi connectivity index (χ0v) is 10.6. The highest BCUT2D eigenvalue weighted by atomic mass is 35.5. The number of pyridine rings is 1. The van der Waals surface area contributed by atoms with Gasteiger partial charge >= 0.3 is 5.97 Å². The molecular formula is C12H13ClN2O3. The number of aromatic nitrogens is 1. The van der Waals surface area contributed by atoms with Gasteiger partial charge in [-0.1, -0.05) is 18.5 Å². The van der Waals surface area contributed by atoms with Crippen molar-refractivity contribution < 1.29 is 14.7 Å². The van der Waals surface area contributed by atoms with E-state index in [2.05, 4.69) is 4.98 Å². The number of carbonyl (C=O) groups excluding carboxylic acids is 1. The molecule has 0 saturated carbocycles. The number of likely N-dealkylation sites (tertiary alicyclic amines) is 1. The Morgan fingerprint density at radius 1 is 1.56 bits per heavy atom. The van der Waals surface area contributed by atoms with E-state index in [-0.39, 0.29) is 22.5 Å². The number of nitrogens with zero attached hydrogens (tertiary/aromatic N) is 2. The summed E-state index contributed by atoms with van der Waals surface area (Å²) in [4.78, 5) is 28.7. The molecule has 1 fully saturated rings. The van der Waals surface area contributed by atoms with E-state index >= 15 is 0 Å². The molecule has 1 amide bonds. The molecule has 5 nitrogen and oxygen atoms in total. The van der Waals surface area contributed by atoms with Gasteiger partial charge in [0.05, 0.1) is 5.56 Å². The van der Waals surface area contributed by atoms with Gasteiger partial charge in [0.15, 0.2) is 0 Å². The first-order chi connectivity index (χ1) is 8.52. The van der Waals surface area contributed by atoms with E-state index in [9.17, 15) is 14.7 Å². The van der Waals surface area contributed by atoms with Gasteiger partial charge in [-0.05, 0) is 24.5 Å². The first-order valence-corrected chi connectivity index (χ1v) is 6.04. The SMILES string of the molecule is CC1CCN(C(=O)c2cccnc2Cl)C1C(=O)O. The van der Waals surface area contributed by atoms with E-state index in [0.29, 0.717) is 13.0 Å². The Labute approximate surface area is 109 Å². The fraction of sp³-hybridized carbons (Fsp3) is 0.417. The lowest BCUT2D eigenvalue weighted by Crippen LogP contribution is -2.42. The number of rotatable bonds is 2. The van der Waals surface area contributed by atoms with Crippen molar-refractivity contribution in [1.82, 2.24) is 9.88 Å². The summed E-state index contributed by atoms with van der Waals surface area (Å²) in [6, 6.07) is 2.38. The molecule has 2 heterocycles. The molecule has 6 heteroatoms. The maximum atomic E-state index is 12.3. The molecule has 2 unspecified atom stereocenters. The molecule has 0 bridgehead atoms. The van der Waals surface area contributed by atoms with Crippen LogP contribution in [0.25, 0.3) is 0 Å². The summed E-state index contributed by atoms with van der Waals surface area (Å²) in [7, 11) is 0. The average Bonchev–Trinajstić information content (AvgIpc) is 2.71. The van der Waals surface area contributed by atoms with Crippen molar-refractivity contribution in [3.05, 3.63) is 29.0 Å². The van der Waals surface area contributed by atoms with Crippen LogP contribution in [0.5, 0.6) is 0 Å². The second kappa shape index (κ2) is 4.94. The lowest BCUT2D eigenvalue weighted by atomic mass is 10.0. The van der Waals surface area contributed by atoms with Crippen LogP contribution >= 0.6 is 11.6 Å². The van der Waals surface area contributed by atoms with E-state index in [1.54, 1.807) is 12.1 Å². The minimum Gasteiger partial charge on any atom is -0.480 e. The van der Waals surface area contributed by atoms with Crippen LogP contribution in [0.3, 0.4) is 0 Å². The van der Waals surface area contributed by atoms with Gasteiger partial charge in [0, 0.05) is 12.7 Å². The summed E-state index contributed by atoms with van der Waals surface area (Å²) in [6.45, 7) is 2.26. The summed E-state index contributed by atoms with van der Waals surface area (Å²) in [5.74, 6) is -1.40. The second-order valence-electron chi connectivity index (χ2n) is 4.39. The Morgan fingerprint density at radius 3 is 2.89 bits per heavy atom. The largest absolute Gasteiger partial charge is 0.480 e. The average molecular weight is 269 g/mol. The molecule has 1 aromatic rings. The van der Waals surface area contributed by atoms with Gasteiger partial charge in [-0.25, -0.2) is 9.78 Å². The minimum absolute atomic E-state index is 0.0538. The minimum atomic E-state index is -0.978. The molecule has 2 atom stereocenters. The molecule has 96 valence electrons. The molecule has 2 rings (SSSR count). The predicted molar refractivity (Wildman–Crippen MR) is 65.5 cm³/mol. The van der Waals surface area contributed by atoms with Crippen LogP contribution in [0.4, 0.5) is 0 Å². The zero-order chi connectivity index (χ0) is 13.3. The number of halogens is 1. The molecule has 1 aliphatic rings. The van der Waals surface area contributed by atoms with Crippen LogP contribution in [-0.4, -0.2) is 39.5 Å². The highest BCUT2D eigenvalue weighted by molar-refractivity contribution is 6.32. The van der Waals surface area contributed by atoms with E-state index in [1.165, 1.54) is 11.1 Å². The van der Waals surface area contributed by atoms with Crippen LogP contribution in [0.2, 0.25) is 5.15 Å². The summed E-state index contributed by atoms with van der Waals surface area (Å²) >= 11 is 5.86. The van der Waals surface area contributed by atoms with Crippen molar-refractivity contribution in [3.63, 3.8) is 0 Å². The third-order valence-electron chi connectivity index (χ3n) is 3.20. The van der Waals surface area contributed by atoms with E-state index in [0.717, 1.165) is 0 Å². The van der Waals surface area contributed by atoms with Crippen LogP contribution < -0.4 is 0 Å². The number of carboxylic acids is 1. The Kier molecular flexibility index (Phi) is 3.52. The molecule has 0 radical (unpaired) electrons. The van der Waals surface area contributed by atoms with E-state index in [4.69, 9.17) is 11.6 Å². The van der Waals surface area contributed by atoms with Crippen LogP contribution in [-0.2, 0) is 4.79 Å². The van der Waals surface area contributed by atoms with Crippen LogP contribution in [0.1, 0.15) is 23.7 Å². The summed E-state index contributed by atoms with van der Waals surface area (Å²) < 4.78 is 0. The van der Waals surface area contributed by atoms with Gasteiger partial charge in [-0.15, -0.1) is 0 Å². The fourth-order valence-corrected chi connectivity index (χ4v) is 2.45. The smallest absolute Gasteiger partial charge is 0.326 e. The second-order valence-corrected chi connectivity index (χ2v) is 4.75. The number of aliphatic carboxylic acids is 1. The number of hydrogen-bond acceptors (Lipinski definition) is 3. The molecule has 1 aliphatic heterocycles. The molecule has 1 aromatic heterocycles. The van der Waals surface area contributed by atoms with Gasteiger partial charge in [0.1, 0.15) is 11.2 Å². The predicted octanol–water partition coefficient (Wildman–Crippen LogP) is 1.67. The molecular weight excluding hydrogens is 256 g/mol. The van der Waals surface area contributed by atoms with Crippen molar-refractivity contribution >= 4 is 23.5 Å². The number of carbonyl (C=O) groups is 2. The van der Waals surface area contributed by atoms with Crippen LogP contribution in [0.15, 0.2) is 18.3 Å². The lowest BCUT2D eigenvalue weighted by Gasteiger charge is -2.23. The number of carboxylic acid groups (broad SMARTS) is 1. The van der Waals surface area contributed by atoms with Gasteiger partial charge in [0.2, 0.25) is 0 Å². The Bertz CT molecular complexity index is 492. The van der Waals surface area contributed by atoms with Gasteiger partial charge in [-0.3, -0.25) is 4.79 Å². The molecule has 0 spiro atoms. The van der Waals surface area contributed by atoms with E-state index in [1.807, 2.05) is 6.92 Å². The third-order valence-corrected chi connectivity index (χ3v) is 3.50. The van der Waals surface area contributed by atoms with Crippen molar-refractivity contribution in [2.45, 2.75) is 19.4 Å². The molecule has 1 saturated heterocycles. The Hall–Kier alpha value is -1.62. The summed E-state index contributed by atoms with van der Waals surface area (Å²) in [5.41, 5.74) is 0.250. The maximum absolute atomic E-state index is 12.3. The molecule has 18 heavy (non-hydrogen) atoms. The van der Waals surface area contributed by atoms with Gasteiger partial charge in [-0.2, -0.15) is 0 Å². The lowest BCUT2D eigenvalue weighted by molar-refractivity contribution is -0.142. The normalized spacial score (nSPS) is 23.1. The Morgan fingerprint density at radius 2 is 2.28 bits per heavy atom. The van der Waals surface area contributed by atoms with Crippen molar-refractivity contribution in [2.75, 3.05) is 6.54 Å². The maximum Gasteiger partial charge on any atom is 0.326 e. The topological polar surface area (TPSA) is 70.5 Å².